The second-order valence-corrected chi connectivity index (χ2v) is 11.0. The van der Waals surface area contributed by atoms with Crippen molar-refractivity contribution in [3.8, 4) is 17.1 Å². The number of hydrogen-bond acceptors (Lipinski definition) is 4. The number of benzene rings is 3. The Morgan fingerprint density at radius 1 is 0.971 bits per heavy atom. The summed E-state index contributed by atoms with van der Waals surface area (Å²) < 4.78 is 1.97. The van der Waals surface area contributed by atoms with Crippen molar-refractivity contribution in [2.75, 3.05) is 11.1 Å². The summed E-state index contributed by atoms with van der Waals surface area (Å²) in [4.78, 5) is 12.7. The van der Waals surface area contributed by atoms with Gasteiger partial charge in [0.25, 0.3) is 0 Å². The van der Waals surface area contributed by atoms with E-state index in [1.54, 1.807) is 0 Å². The topological polar surface area (TPSA) is 59.8 Å². The van der Waals surface area contributed by atoms with Gasteiger partial charge in [0.15, 0.2) is 11.0 Å². The van der Waals surface area contributed by atoms with E-state index in [2.05, 4.69) is 66.6 Å². The van der Waals surface area contributed by atoms with E-state index in [4.69, 9.17) is 11.6 Å². The molecule has 1 amide bonds. The Bertz CT molecular complexity index is 1340. The molecule has 1 N–H and O–H groups in total. The van der Waals surface area contributed by atoms with Gasteiger partial charge < -0.3 is 5.32 Å². The zero-order valence-corrected chi connectivity index (χ0v) is 22.2. The second-order valence-electron chi connectivity index (χ2n) is 9.60. The molecular weight excluding hydrogens is 476 g/mol. The van der Waals surface area contributed by atoms with Crippen molar-refractivity contribution < 1.29 is 4.79 Å². The van der Waals surface area contributed by atoms with E-state index in [1.165, 1.54) is 17.3 Å². The summed E-state index contributed by atoms with van der Waals surface area (Å²) in [5, 5.41) is 13.2. The average Bonchev–Trinajstić information content (AvgIpc) is 3.23. The maximum absolute atomic E-state index is 12.7. The zero-order chi connectivity index (χ0) is 25.2. The SMILES string of the molecule is Cc1ccc(NC(=O)CSc2nnc(-c3ccc(C(C)(C)C)cc3)n2-c2ccc(Cl)cc2)c(C)c1. The first-order valence-corrected chi connectivity index (χ1v) is 12.8. The van der Waals surface area contributed by atoms with Crippen molar-refractivity contribution in [1.29, 1.82) is 0 Å². The Kier molecular flexibility index (Phi) is 7.33. The van der Waals surface area contributed by atoms with Crippen LogP contribution in [0.1, 0.15) is 37.5 Å². The van der Waals surface area contributed by atoms with Crippen molar-refractivity contribution in [2.45, 2.75) is 45.2 Å². The molecule has 0 aliphatic rings. The lowest BCUT2D eigenvalue weighted by atomic mass is 9.87. The molecule has 1 heterocycles. The predicted molar refractivity (Wildman–Crippen MR) is 146 cm³/mol. The molecule has 4 aromatic rings. The third-order valence-electron chi connectivity index (χ3n) is 5.72. The van der Waals surface area contributed by atoms with E-state index in [0.717, 1.165) is 28.1 Å². The summed E-state index contributed by atoms with van der Waals surface area (Å²) >= 11 is 7.48. The zero-order valence-electron chi connectivity index (χ0n) is 20.6. The summed E-state index contributed by atoms with van der Waals surface area (Å²) in [6.07, 6.45) is 0. The fourth-order valence-corrected chi connectivity index (χ4v) is 4.64. The number of anilines is 1. The lowest BCUT2D eigenvalue weighted by Gasteiger charge is -2.19. The highest BCUT2D eigenvalue weighted by atomic mass is 35.5. The number of rotatable bonds is 6. The van der Waals surface area contributed by atoms with Gasteiger partial charge in [-0.05, 0) is 60.7 Å². The van der Waals surface area contributed by atoms with Gasteiger partial charge in [0, 0.05) is 22.0 Å². The van der Waals surface area contributed by atoms with Crippen LogP contribution >= 0.6 is 23.4 Å². The molecule has 0 spiro atoms. The molecule has 1 aromatic heterocycles. The lowest BCUT2D eigenvalue weighted by Crippen LogP contribution is -2.15. The van der Waals surface area contributed by atoms with Crippen LogP contribution in [0.3, 0.4) is 0 Å². The molecule has 0 fully saturated rings. The number of aromatic nitrogens is 3. The number of thioether (sulfide) groups is 1. The highest BCUT2D eigenvalue weighted by molar-refractivity contribution is 7.99. The summed E-state index contributed by atoms with van der Waals surface area (Å²) in [6, 6.07) is 21.9. The van der Waals surface area contributed by atoms with Gasteiger partial charge in [-0.25, -0.2) is 0 Å². The molecule has 7 heteroatoms. The van der Waals surface area contributed by atoms with E-state index in [0.29, 0.717) is 16.0 Å². The van der Waals surface area contributed by atoms with Crippen LogP contribution in [-0.4, -0.2) is 26.4 Å². The van der Waals surface area contributed by atoms with E-state index in [1.807, 2.05) is 54.8 Å². The summed E-state index contributed by atoms with van der Waals surface area (Å²) in [6.45, 7) is 10.6. The number of nitrogens with zero attached hydrogens (tertiary/aromatic N) is 3. The van der Waals surface area contributed by atoms with Gasteiger partial charge in [-0.3, -0.25) is 9.36 Å². The Morgan fingerprint density at radius 3 is 2.29 bits per heavy atom. The van der Waals surface area contributed by atoms with Crippen molar-refractivity contribution in [3.05, 3.63) is 88.4 Å². The normalized spacial score (nSPS) is 11.5. The minimum absolute atomic E-state index is 0.0621. The molecule has 180 valence electrons. The number of carbonyl (C=O) groups excluding carboxylic acids is 1. The average molecular weight is 505 g/mol. The first kappa shape index (κ1) is 25.0. The van der Waals surface area contributed by atoms with Gasteiger partial charge in [-0.15, -0.1) is 10.2 Å². The predicted octanol–water partition coefficient (Wildman–Crippen LogP) is 7.23. The molecule has 0 unspecified atom stereocenters. The highest BCUT2D eigenvalue weighted by Crippen LogP contribution is 2.31. The van der Waals surface area contributed by atoms with Crippen LogP contribution in [0, 0.1) is 13.8 Å². The molecule has 4 rings (SSSR count). The number of aryl methyl sites for hydroxylation is 2. The third kappa shape index (κ3) is 5.95. The van der Waals surface area contributed by atoms with Crippen molar-refractivity contribution in [1.82, 2.24) is 14.8 Å². The molecule has 5 nitrogen and oxygen atoms in total. The van der Waals surface area contributed by atoms with E-state index in [9.17, 15) is 4.79 Å². The molecule has 0 saturated carbocycles. The van der Waals surface area contributed by atoms with Gasteiger partial charge in [0.2, 0.25) is 5.91 Å². The van der Waals surface area contributed by atoms with Crippen LogP contribution in [0.25, 0.3) is 17.1 Å². The number of nitrogens with one attached hydrogen (secondary N) is 1. The molecule has 35 heavy (non-hydrogen) atoms. The Balaban J connectivity index is 1.61. The Hall–Kier alpha value is -3.09. The summed E-state index contributed by atoms with van der Waals surface area (Å²) in [5.74, 6) is 0.830. The molecule has 0 aliphatic heterocycles. The molecule has 0 aliphatic carbocycles. The van der Waals surface area contributed by atoms with Gasteiger partial charge in [0.05, 0.1) is 5.75 Å². The lowest BCUT2D eigenvalue weighted by molar-refractivity contribution is -0.113. The quantitative estimate of drug-likeness (QED) is 0.281. The van der Waals surface area contributed by atoms with Crippen molar-refractivity contribution in [2.24, 2.45) is 0 Å². The van der Waals surface area contributed by atoms with Crippen LogP contribution < -0.4 is 5.32 Å². The highest BCUT2D eigenvalue weighted by Gasteiger charge is 2.19. The molecule has 0 bridgehead atoms. The first-order valence-electron chi connectivity index (χ1n) is 11.4. The Labute approximate surface area is 215 Å². The molecule has 0 atom stereocenters. The summed E-state index contributed by atoms with van der Waals surface area (Å²) in [7, 11) is 0. The van der Waals surface area contributed by atoms with E-state index in [-0.39, 0.29) is 17.1 Å². The van der Waals surface area contributed by atoms with Crippen LogP contribution in [-0.2, 0) is 10.2 Å². The maximum Gasteiger partial charge on any atom is 0.234 e. The molecule has 0 saturated heterocycles. The number of carbonyl (C=O) groups is 1. The molecular formula is C28H29ClN4OS. The smallest absolute Gasteiger partial charge is 0.234 e. The monoisotopic (exact) mass is 504 g/mol. The van der Waals surface area contributed by atoms with E-state index < -0.39 is 0 Å². The van der Waals surface area contributed by atoms with Crippen molar-refractivity contribution in [3.63, 3.8) is 0 Å². The van der Waals surface area contributed by atoms with Gasteiger partial charge >= 0.3 is 0 Å². The fourth-order valence-electron chi connectivity index (χ4n) is 3.76. The first-order chi connectivity index (χ1) is 16.6. The van der Waals surface area contributed by atoms with Crippen LogP contribution in [0.5, 0.6) is 0 Å². The number of hydrogen-bond donors (Lipinski definition) is 1. The largest absolute Gasteiger partial charge is 0.325 e. The molecule has 3 aromatic carbocycles. The van der Waals surface area contributed by atoms with E-state index >= 15 is 0 Å². The minimum atomic E-state index is -0.0938. The van der Waals surface area contributed by atoms with Gasteiger partial charge in [0.1, 0.15) is 0 Å². The minimum Gasteiger partial charge on any atom is -0.325 e. The fraction of sp³-hybridized carbons (Fsp3) is 0.250. The van der Waals surface area contributed by atoms with Crippen LogP contribution in [0.15, 0.2) is 71.9 Å². The van der Waals surface area contributed by atoms with Crippen LogP contribution in [0.2, 0.25) is 5.02 Å². The Morgan fingerprint density at radius 2 is 1.66 bits per heavy atom. The molecule has 0 radical (unpaired) electrons. The van der Waals surface area contributed by atoms with Gasteiger partial charge in [-0.1, -0.05) is 86.1 Å². The summed E-state index contributed by atoms with van der Waals surface area (Å²) in [5.41, 5.74) is 6.16. The van der Waals surface area contributed by atoms with Crippen LogP contribution in [0.4, 0.5) is 5.69 Å². The number of amides is 1. The van der Waals surface area contributed by atoms with Crippen molar-refractivity contribution >= 4 is 35.0 Å². The standard InChI is InChI=1S/C28H29ClN4OS/c1-18-6-15-24(19(2)16-18)30-25(34)17-35-27-32-31-26(33(27)23-13-11-22(29)12-14-23)20-7-9-21(10-8-20)28(3,4)5/h6-16H,17H2,1-5H3,(H,30,34). The maximum atomic E-state index is 12.7. The third-order valence-corrected chi connectivity index (χ3v) is 6.90. The second kappa shape index (κ2) is 10.3. The van der Waals surface area contributed by atoms with Gasteiger partial charge in [-0.2, -0.15) is 0 Å². The number of halogens is 1.